The van der Waals surface area contributed by atoms with Gasteiger partial charge in [-0.15, -0.1) is 0 Å². The molecule has 2 aliphatic heterocycles. The van der Waals surface area contributed by atoms with Crippen LogP contribution in [0.5, 0.6) is 0 Å². The standard InChI is InChI=1S/C18H21N3O2/c22-18(20-9-11-23-12-10-20)15-7-8-21(13-15)17-6-5-14-3-1-2-4-16(14)19-17/h1-6,15H,7-13H2. The number of para-hydroxylation sites is 1. The summed E-state index contributed by atoms with van der Waals surface area (Å²) >= 11 is 0. The topological polar surface area (TPSA) is 45.7 Å². The number of fused-ring (bicyclic) bond motifs is 1. The molecule has 5 heteroatoms. The Balaban J connectivity index is 1.47. The minimum Gasteiger partial charge on any atom is -0.378 e. The molecule has 2 aromatic rings. The first-order chi connectivity index (χ1) is 11.3. The van der Waals surface area contributed by atoms with Crippen LogP contribution in [0.1, 0.15) is 6.42 Å². The third-order valence-electron chi connectivity index (χ3n) is 4.77. The summed E-state index contributed by atoms with van der Waals surface area (Å²) in [7, 11) is 0. The zero-order valence-electron chi connectivity index (χ0n) is 13.1. The van der Waals surface area contributed by atoms with Gasteiger partial charge in [0.2, 0.25) is 5.91 Å². The Morgan fingerprint density at radius 1 is 1.09 bits per heavy atom. The van der Waals surface area contributed by atoms with Crippen molar-refractivity contribution in [1.82, 2.24) is 9.88 Å². The molecule has 0 radical (unpaired) electrons. The predicted molar refractivity (Wildman–Crippen MR) is 89.5 cm³/mol. The summed E-state index contributed by atoms with van der Waals surface area (Å²) in [4.78, 5) is 21.5. The Labute approximate surface area is 135 Å². The van der Waals surface area contributed by atoms with Crippen molar-refractivity contribution in [1.29, 1.82) is 0 Å². The lowest BCUT2D eigenvalue weighted by atomic mass is 10.1. The molecule has 0 spiro atoms. The first-order valence-electron chi connectivity index (χ1n) is 8.28. The van der Waals surface area contributed by atoms with Gasteiger partial charge < -0.3 is 14.5 Å². The van der Waals surface area contributed by atoms with Crippen molar-refractivity contribution < 1.29 is 9.53 Å². The second-order valence-corrected chi connectivity index (χ2v) is 6.23. The summed E-state index contributed by atoms with van der Waals surface area (Å²) in [5.41, 5.74) is 1.01. The smallest absolute Gasteiger partial charge is 0.227 e. The van der Waals surface area contributed by atoms with E-state index >= 15 is 0 Å². The van der Waals surface area contributed by atoms with Crippen LogP contribution in [-0.4, -0.2) is 55.2 Å². The molecule has 2 saturated heterocycles. The van der Waals surface area contributed by atoms with E-state index in [0.29, 0.717) is 13.2 Å². The molecule has 3 heterocycles. The van der Waals surface area contributed by atoms with Crippen molar-refractivity contribution in [2.75, 3.05) is 44.3 Å². The predicted octanol–water partition coefficient (Wildman–Crippen LogP) is 1.92. The number of pyridine rings is 1. The van der Waals surface area contributed by atoms with Gasteiger partial charge in [0, 0.05) is 31.6 Å². The molecule has 1 aromatic carbocycles. The van der Waals surface area contributed by atoms with Gasteiger partial charge in [-0.2, -0.15) is 0 Å². The van der Waals surface area contributed by atoms with Crippen LogP contribution in [0.15, 0.2) is 36.4 Å². The highest BCUT2D eigenvalue weighted by atomic mass is 16.5. The van der Waals surface area contributed by atoms with Gasteiger partial charge in [-0.25, -0.2) is 4.98 Å². The van der Waals surface area contributed by atoms with E-state index in [-0.39, 0.29) is 11.8 Å². The number of carbonyl (C=O) groups is 1. The monoisotopic (exact) mass is 311 g/mol. The van der Waals surface area contributed by atoms with Gasteiger partial charge in [0.1, 0.15) is 5.82 Å². The molecule has 5 nitrogen and oxygen atoms in total. The van der Waals surface area contributed by atoms with Crippen molar-refractivity contribution in [2.24, 2.45) is 5.92 Å². The number of rotatable bonds is 2. The van der Waals surface area contributed by atoms with Crippen LogP contribution >= 0.6 is 0 Å². The van der Waals surface area contributed by atoms with Gasteiger partial charge in [-0.05, 0) is 24.6 Å². The number of benzene rings is 1. The van der Waals surface area contributed by atoms with Crippen LogP contribution < -0.4 is 4.90 Å². The van der Waals surface area contributed by atoms with Gasteiger partial charge in [-0.3, -0.25) is 4.79 Å². The maximum absolute atomic E-state index is 12.6. The summed E-state index contributed by atoms with van der Waals surface area (Å²) in [6.07, 6.45) is 0.907. The molecule has 0 bridgehead atoms. The zero-order chi connectivity index (χ0) is 15.6. The van der Waals surface area contributed by atoms with Gasteiger partial charge in [-0.1, -0.05) is 18.2 Å². The van der Waals surface area contributed by atoms with E-state index in [0.717, 1.165) is 49.3 Å². The van der Waals surface area contributed by atoms with E-state index in [4.69, 9.17) is 9.72 Å². The average molecular weight is 311 g/mol. The fourth-order valence-corrected chi connectivity index (χ4v) is 3.44. The number of hydrogen-bond donors (Lipinski definition) is 0. The minimum absolute atomic E-state index is 0.0846. The molecule has 23 heavy (non-hydrogen) atoms. The minimum atomic E-state index is 0.0846. The highest BCUT2D eigenvalue weighted by molar-refractivity contribution is 5.82. The molecule has 2 aliphatic rings. The largest absolute Gasteiger partial charge is 0.378 e. The quantitative estimate of drug-likeness (QED) is 0.850. The van der Waals surface area contributed by atoms with E-state index in [1.165, 1.54) is 0 Å². The molecule has 4 rings (SSSR count). The fraction of sp³-hybridized carbons (Fsp3) is 0.444. The first kappa shape index (κ1) is 14.5. The maximum atomic E-state index is 12.6. The third kappa shape index (κ3) is 2.88. The number of nitrogens with zero attached hydrogens (tertiary/aromatic N) is 3. The van der Waals surface area contributed by atoms with Crippen LogP contribution in [0.2, 0.25) is 0 Å². The van der Waals surface area contributed by atoms with E-state index in [1.54, 1.807) is 0 Å². The van der Waals surface area contributed by atoms with Crippen molar-refractivity contribution in [3.05, 3.63) is 36.4 Å². The van der Waals surface area contributed by atoms with Crippen molar-refractivity contribution in [3.63, 3.8) is 0 Å². The van der Waals surface area contributed by atoms with Crippen LogP contribution in [0.3, 0.4) is 0 Å². The molecule has 0 saturated carbocycles. The van der Waals surface area contributed by atoms with Gasteiger partial charge >= 0.3 is 0 Å². The highest BCUT2D eigenvalue weighted by Gasteiger charge is 2.32. The lowest BCUT2D eigenvalue weighted by Gasteiger charge is -2.29. The Morgan fingerprint density at radius 2 is 1.91 bits per heavy atom. The molecule has 0 N–H and O–H groups in total. The van der Waals surface area contributed by atoms with Gasteiger partial charge in [0.15, 0.2) is 0 Å². The van der Waals surface area contributed by atoms with Crippen molar-refractivity contribution >= 4 is 22.6 Å². The summed E-state index contributed by atoms with van der Waals surface area (Å²) in [6.45, 7) is 4.43. The third-order valence-corrected chi connectivity index (χ3v) is 4.77. The molecule has 1 aromatic heterocycles. The molecule has 2 fully saturated rings. The Hall–Kier alpha value is -2.14. The van der Waals surface area contributed by atoms with E-state index < -0.39 is 0 Å². The van der Waals surface area contributed by atoms with Gasteiger partial charge in [0.25, 0.3) is 0 Å². The van der Waals surface area contributed by atoms with Crippen LogP contribution in [0.25, 0.3) is 10.9 Å². The SMILES string of the molecule is O=C(C1CCN(c2ccc3ccccc3n2)C1)N1CCOCC1. The number of aromatic nitrogens is 1. The normalized spacial score (nSPS) is 21.8. The molecule has 1 amide bonds. The molecule has 1 atom stereocenters. The molecule has 1 unspecified atom stereocenters. The van der Waals surface area contributed by atoms with E-state index in [2.05, 4.69) is 23.1 Å². The summed E-state index contributed by atoms with van der Waals surface area (Å²) in [6, 6.07) is 12.3. The Morgan fingerprint density at radius 3 is 2.78 bits per heavy atom. The zero-order valence-corrected chi connectivity index (χ0v) is 13.1. The number of morpholine rings is 1. The number of ether oxygens (including phenoxy) is 1. The summed E-state index contributed by atoms with van der Waals surface area (Å²) < 4.78 is 5.33. The van der Waals surface area contributed by atoms with Crippen molar-refractivity contribution in [3.8, 4) is 0 Å². The number of hydrogen-bond acceptors (Lipinski definition) is 4. The lowest BCUT2D eigenvalue weighted by molar-refractivity contribution is -0.138. The maximum Gasteiger partial charge on any atom is 0.227 e. The Kier molecular flexibility index (Phi) is 3.87. The first-order valence-corrected chi connectivity index (χ1v) is 8.28. The summed E-state index contributed by atoms with van der Waals surface area (Å²) in [5, 5.41) is 1.15. The fourth-order valence-electron chi connectivity index (χ4n) is 3.44. The lowest BCUT2D eigenvalue weighted by Crippen LogP contribution is -2.44. The van der Waals surface area contributed by atoms with E-state index in [9.17, 15) is 4.79 Å². The molecule has 120 valence electrons. The van der Waals surface area contributed by atoms with Crippen molar-refractivity contribution in [2.45, 2.75) is 6.42 Å². The number of carbonyl (C=O) groups excluding carboxylic acids is 1. The molecular formula is C18H21N3O2. The van der Waals surface area contributed by atoms with Crippen LogP contribution in [0.4, 0.5) is 5.82 Å². The Bertz CT molecular complexity index is 712. The highest BCUT2D eigenvalue weighted by Crippen LogP contribution is 2.25. The summed E-state index contributed by atoms with van der Waals surface area (Å²) in [5.74, 6) is 1.33. The van der Waals surface area contributed by atoms with Gasteiger partial charge in [0.05, 0.1) is 24.6 Å². The molecular weight excluding hydrogens is 290 g/mol. The van der Waals surface area contributed by atoms with Crippen LogP contribution in [0, 0.1) is 5.92 Å². The number of amides is 1. The van der Waals surface area contributed by atoms with Crippen LogP contribution in [-0.2, 0) is 9.53 Å². The number of anilines is 1. The average Bonchev–Trinajstić information content (AvgIpc) is 3.11. The second-order valence-electron chi connectivity index (χ2n) is 6.23. The van der Waals surface area contributed by atoms with E-state index in [1.807, 2.05) is 23.1 Å². The molecule has 0 aliphatic carbocycles. The second kappa shape index (κ2) is 6.16.